The molecule has 1 aliphatic rings. The zero-order chi connectivity index (χ0) is 12.5. The Bertz CT molecular complexity index is 554. The Morgan fingerprint density at radius 2 is 2.24 bits per heavy atom. The minimum absolute atomic E-state index is 0.0824. The fourth-order valence-electron chi connectivity index (χ4n) is 1.71. The summed E-state index contributed by atoms with van der Waals surface area (Å²) in [5.41, 5.74) is 0.502. The lowest BCUT2D eigenvalue weighted by Gasteiger charge is -2.01. The molecular formula is C11H12ClNO3S. The maximum absolute atomic E-state index is 11.2. The predicted molar refractivity (Wildman–Crippen MR) is 67.8 cm³/mol. The third-order valence-electron chi connectivity index (χ3n) is 2.62. The van der Waals surface area contributed by atoms with Gasteiger partial charge in [0.05, 0.1) is 17.5 Å². The summed E-state index contributed by atoms with van der Waals surface area (Å²) in [5.74, 6) is 0.362. The number of hydrogen-bond acceptors (Lipinski definition) is 4. The van der Waals surface area contributed by atoms with E-state index in [4.69, 9.17) is 11.6 Å². The van der Waals surface area contributed by atoms with E-state index in [9.17, 15) is 13.5 Å². The molecule has 92 valence electrons. The largest absolute Gasteiger partial charge is 0.507 e. The first-order valence-electron chi connectivity index (χ1n) is 5.18. The number of benzene rings is 1. The van der Waals surface area contributed by atoms with Gasteiger partial charge in [-0.15, -0.1) is 0 Å². The van der Waals surface area contributed by atoms with Gasteiger partial charge in [0.2, 0.25) is 0 Å². The molecule has 0 amide bonds. The van der Waals surface area contributed by atoms with E-state index in [0.717, 1.165) is 0 Å². The molecular weight excluding hydrogens is 262 g/mol. The number of sulfone groups is 1. The molecule has 0 aliphatic carbocycles. The minimum atomic E-state index is -2.92. The van der Waals surface area contributed by atoms with Crippen LogP contribution in [0.4, 0.5) is 0 Å². The summed E-state index contributed by atoms with van der Waals surface area (Å²) >= 11 is 5.79. The Hall–Kier alpha value is -1.07. The molecule has 0 spiro atoms. The smallest absolute Gasteiger partial charge is 0.152 e. The second kappa shape index (κ2) is 4.66. The Balaban J connectivity index is 2.13. The molecule has 1 heterocycles. The molecule has 1 aliphatic heterocycles. The number of rotatable bonds is 2. The van der Waals surface area contributed by atoms with Crippen molar-refractivity contribution in [2.75, 3.05) is 11.5 Å². The lowest BCUT2D eigenvalue weighted by atomic mass is 10.2. The minimum Gasteiger partial charge on any atom is -0.507 e. The number of hydrogen-bond donors (Lipinski definition) is 1. The van der Waals surface area contributed by atoms with Crippen LogP contribution in [0, 0.1) is 0 Å². The van der Waals surface area contributed by atoms with E-state index in [2.05, 4.69) is 4.99 Å². The number of nitrogens with zero attached hydrogens (tertiary/aromatic N) is 1. The fourth-order valence-corrected chi connectivity index (χ4v) is 3.52. The molecule has 0 unspecified atom stereocenters. The van der Waals surface area contributed by atoms with Crippen LogP contribution in [0.25, 0.3) is 0 Å². The van der Waals surface area contributed by atoms with E-state index in [0.29, 0.717) is 17.0 Å². The molecule has 0 saturated carbocycles. The molecule has 1 aromatic rings. The Kier molecular flexibility index (Phi) is 3.40. The zero-order valence-corrected chi connectivity index (χ0v) is 10.6. The number of aromatic hydroxyl groups is 1. The first-order chi connectivity index (χ1) is 7.96. The highest BCUT2D eigenvalue weighted by molar-refractivity contribution is 7.91. The van der Waals surface area contributed by atoms with Crippen molar-refractivity contribution in [2.45, 2.75) is 12.5 Å². The summed E-state index contributed by atoms with van der Waals surface area (Å²) in [6.07, 6.45) is 2.02. The first-order valence-corrected chi connectivity index (χ1v) is 7.38. The molecule has 6 heteroatoms. The second-order valence-electron chi connectivity index (χ2n) is 4.04. The van der Waals surface area contributed by atoms with Crippen LogP contribution >= 0.6 is 11.6 Å². The normalized spacial score (nSPS) is 23.2. The molecule has 1 saturated heterocycles. The third-order valence-corrected chi connectivity index (χ3v) is 4.61. The van der Waals surface area contributed by atoms with Crippen LogP contribution in [-0.2, 0) is 9.84 Å². The van der Waals surface area contributed by atoms with Crippen molar-refractivity contribution in [1.29, 1.82) is 0 Å². The van der Waals surface area contributed by atoms with Crippen molar-refractivity contribution in [3.05, 3.63) is 28.8 Å². The monoisotopic (exact) mass is 273 g/mol. The lowest BCUT2D eigenvalue weighted by Crippen LogP contribution is -2.07. The Morgan fingerprint density at radius 3 is 2.88 bits per heavy atom. The number of halogens is 1. The molecule has 1 atom stereocenters. The zero-order valence-electron chi connectivity index (χ0n) is 9.01. The maximum atomic E-state index is 11.2. The highest BCUT2D eigenvalue weighted by Crippen LogP contribution is 2.21. The van der Waals surface area contributed by atoms with Gasteiger partial charge < -0.3 is 5.11 Å². The van der Waals surface area contributed by atoms with E-state index >= 15 is 0 Å². The van der Waals surface area contributed by atoms with Crippen LogP contribution in [0.1, 0.15) is 12.0 Å². The SMILES string of the molecule is O=S1(=O)CC[C@@H](N=Cc2cc(Cl)ccc2O)C1. The Morgan fingerprint density at radius 1 is 1.47 bits per heavy atom. The van der Waals surface area contributed by atoms with Crippen LogP contribution in [0.3, 0.4) is 0 Å². The highest BCUT2D eigenvalue weighted by atomic mass is 35.5. The second-order valence-corrected chi connectivity index (χ2v) is 6.70. The summed E-state index contributed by atoms with van der Waals surface area (Å²) in [4.78, 5) is 4.17. The van der Waals surface area contributed by atoms with Crippen molar-refractivity contribution >= 4 is 27.7 Å². The molecule has 1 fully saturated rings. The highest BCUT2D eigenvalue weighted by Gasteiger charge is 2.26. The van der Waals surface area contributed by atoms with E-state index in [1.807, 2.05) is 0 Å². The summed E-state index contributed by atoms with van der Waals surface area (Å²) in [5, 5.41) is 10.0. The van der Waals surface area contributed by atoms with Gasteiger partial charge >= 0.3 is 0 Å². The maximum Gasteiger partial charge on any atom is 0.152 e. The van der Waals surface area contributed by atoms with Crippen molar-refractivity contribution in [3.8, 4) is 5.75 Å². The molecule has 2 rings (SSSR count). The number of aliphatic imine (C=N–C) groups is 1. The topological polar surface area (TPSA) is 66.7 Å². The van der Waals surface area contributed by atoms with E-state index in [1.54, 1.807) is 12.1 Å². The van der Waals surface area contributed by atoms with Gasteiger partial charge in [0.25, 0.3) is 0 Å². The molecule has 17 heavy (non-hydrogen) atoms. The van der Waals surface area contributed by atoms with Crippen LogP contribution in [0.15, 0.2) is 23.2 Å². The van der Waals surface area contributed by atoms with Gasteiger partial charge in [0.15, 0.2) is 9.84 Å². The summed E-state index contributed by atoms with van der Waals surface area (Å²) in [6, 6.07) is 4.44. The van der Waals surface area contributed by atoms with Crippen LogP contribution in [0.5, 0.6) is 5.75 Å². The number of phenols is 1. The van der Waals surface area contributed by atoms with Gasteiger partial charge in [-0.05, 0) is 24.6 Å². The first kappa shape index (κ1) is 12.4. The summed E-state index contributed by atoms with van der Waals surface area (Å²) < 4.78 is 22.5. The molecule has 0 radical (unpaired) electrons. The van der Waals surface area contributed by atoms with Gasteiger partial charge in [0.1, 0.15) is 5.75 Å². The van der Waals surface area contributed by atoms with E-state index in [1.165, 1.54) is 12.3 Å². The van der Waals surface area contributed by atoms with Crippen molar-refractivity contribution in [2.24, 2.45) is 4.99 Å². The van der Waals surface area contributed by atoms with Gasteiger partial charge in [-0.3, -0.25) is 4.99 Å². The summed E-state index contributed by atoms with van der Waals surface area (Å²) in [6.45, 7) is 0. The average molecular weight is 274 g/mol. The molecule has 0 bridgehead atoms. The predicted octanol–water partition coefficient (Wildman–Crippen LogP) is 1.65. The van der Waals surface area contributed by atoms with Gasteiger partial charge in [-0.2, -0.15) is 0 Å². The van der Waals surface area contributed by atoms with Crippen LogP contribution in [-0.4, -0.2) is 37.3 Å². The lowest BCUT2D eigenvalue weighted by molar-refractivity contribution is 0.474. The van der Waals surface area contributed by atoms with Gasteiger partial charge in [-0.1, -0.05) is 11.6 Å². The molecule has 4 nitrogen and oxygen atoms in total. The Labute approximate surface area is 105 Å². The van der Waals surface area contributed by atoms with Gasteiger partial charge in [0, 0.05) is 16.8 Å². The van der Waals surface area contributed by atoms with Crippen LogP contribution < -0.4 is 0 Å². The summed E-state index contributed by atoms with van der Waals surface area (Å²) in [7, 11) is -2.92. The van der Waals surface area contributed by atoms with Crippen molar-refractivity contribution < 1.29 is 13.5 Å². The van der Waals surface area contributed by atoms with Gasteiger partial charge in [-0.25, -0.2) is 8.42 Å². The molecule has 0 aromatic heterocycles. The van der Waals surface area contributed by atoms with Crippen LogP contribution in [0.2, 0.25) is 5.02 Å². The van der Waals surface area contributed by atoms with E-state index in [-0.39, 0.29) is 23.3 Å². The average Bonchev–Trinajstić information content (AvgIpc) is 2.60. The molecule has 1 N–H and O–H groups in total. The molecule has 1 aromatic carbocycles. The standard InChI is InChI=1S/C11H12ClNO3S/c12-9-1-2-11(14)8(5-9)6-13-10-3-4-17(15,16)7-10/h1-2,5-6,10,14H,3-4,7H2/t10-/m1/s1. The van der Waals surface area contributed by atoms with Crippen molar-refractivity contribution in [1.82, 2.24) is 0 Å². The fraction of sp³-hybridized carbons (Fsp3) is 0.364. The van der Waals surface area contributed by atoms with E-state index < -0.39 is 9.84 Å². The quantitative estimate of drug-likeness (QED) is 0.833. The third kappa shape index (κ3) is 3.20. The van der Waals surface area contributed by atoms with Crippen molar-refractivity contribution in [3.63, 3.8) is 0 Å². The number of phenolic OH excluding ortho intramolecular Hbond substituents is 1.